The van der Waals surface area contributed by atoms with Crippen molar-refractivity contribution in [2.75, 3.05) is 5.32 Å². The summed E-state index contributed by atoms with van der Waals surface area (Å²) in [6.07, 6.45) is 1.47. The summed E-state index contributed by atoms with van der Waals surface area (Å²) in [5, 5.41) is 9.97. The molecule has 1 aromatic carbocycles. The average Bonchev–Trinajstić information content (AvgIpc) is 3.19. The first-order valence-corrected chi connectivity index (χ1v) is 7.96. The fourth-order valence-electron chi connectivity index (χ4n) is 2.75. The Morgan fingerprint density at radius 2 is 1.88 bits per heavy atom. The fraction of sp³-hybridized carbons (Fsp3) is 0.294. The minimum Gasteiger partial charge on any atom is -0.415 e. The van der Waals surface area contributed by atoms with E-state index in [0.717, 1.165) is 18.4 Å². The van der Waals surface area contributed by atoms with E-state index in [-0.39, 0.29) is 11.7 Å². The lowest BCUT2D eigenvalue weighted by Crippen LogP contribution is -2.21. The van der Waals surface area contributed by atoms with E-state index in [1.807, 2.05) is 13.0 Å². The lowest BCUT2D eigenvalue weighted by atomic mass is 10.0. The van der Waals surface area contributed by atoms with Gasteiger partial charge in [0.25, 0.3) is 11.8 Å². The van der Waals surface area contributed by atoms with E-state index >= 15 is 0 Å². The molecule has 0 saturated heterocycles. The van der Waals surface area contributed by atoms with Crippen molar-refractivity contribution in [3.05, 3.63) is 53.4 Å². The first kappa shape index (κ1) is 16.5. The molecule has 1 aliphatic carbocycles. The molecule has 1 aliphatic rings. The second-order valence-corrected chi connectivity index (χ2v) is 6.23. The zero-order chi connectivity index (χ0) is 18.3. The molecule has 9 heteroatoms. The monoisotopic (exact) mass is 361 g/mol. The standard InChI is InChI=1S/C17H14F3N5O/c1-9-2-3-11(12(18)6-9)17(4-5-17)23-16-21-7-10(8-22-16)14-24-25-15(26-14)13(19)20/h2-3,6-8,13H,4-5H2,1H3,(H,21,22,23). The van der Waals surface area contributed by atoms with Crippen LogP contribution in [0.3, 0.4) is 0 Å². The maximum Gasteiger partial charge on any atom is 0.314 e. The van der Waals surface area contributed by atoms with E-state index < -0.39 is 17.9 Å². The number of benzene rings is 1. The van der Waals surface area contributed by atoms with Crippen LogP contribution in [0, 0.1) is 12.7 Å². The van der Waals surface area contributed by atoms with E-state index in [0.29, 0.717) is 17.1 Å². The Hall–Kier alpha value is -2.97. The van der Waals surface area contributed by atoms with Crippen molar-refractivity contribution in [1.82, 2.24) is 20.2 Å². The molecule has 0 radical (unpaired) electrons. The van der Waals surface area contributed by atoms with Crippen LogP contribution in [0.15, 0.2) is 35.0 Å². The third-order valence-corrected chi connectivity index (χ3v) is 4.27. The summed E-state index contributed by atoms with van der Waals surface area (Å²) in [5.74, 6) is -0.802. The maximum absolute atomic E-state index is 14.3. The van der Waals surface area contributed by atoms with Crippen LogP contribution in [0.25, 0.3) is 11.5 Å². The van der Waals surface area contributed by atoms with Crippen LogP contribution < -0.4 is 5.32 Å². The largest absolute Gasteiger partial charge is 0.415 e. The predicted octanol–water partition coefficient (Wildman–Crippen LogP) is 4.01. The number of alkyl halides is 2. The Balaban J connectivity index is 1.54. The molecular weight excluding hydrogens is 347 g/mol. The van der Waals surface area contributed by atoms with Crippen molar-refractivity contribution in [3.8, 4) is 11.5 Å². The van der Waals surface area contributed by atoms with E-state index in [1.54, 1.807) is 6.07 Å². The van der Waals surface area contributed by atoms with Gasteiger partial charge < -0.3 is 9.73 Å². The molecule has 0 spiro atoms. The molecule has 1 saturated carbocycles. The second-order valence-electron chi connectivity index (χ2n) is 6.23. The highest BCUT2D eigenvalue weighted by molar-refractivity contribution is 5.51. The molecule has 134 valence electrons. The number of nitrogens with zero attached hydrogens (tertiary/aromatic N) is 4. The van der Waals surface area contributed by atoms with Gasteiger partial charge in [-0.3, -0.25) is 0 Å². The van der Waals surface area contributed by atoms with Crippen molar-refractivity contribution in [2.24, 2.45) is 0 Å². The van der Waals surface area contributed by atoms with Gasteiger partial charge in [-0.05, 0) is 31.4 Å². The number of halogens is 3. The van der Waals surface area contributed by atoms with Crippen LogP contribution >= 0.6 is 0 Å². The van der Waals surface area contributed by atoms with E-state index in [9.17, 15) is 13.2 Å². The number of hydrogen-bond donors (Lipinski definition) is 1. The lowest BCUT2D eigenvalue weighted by Gasteiger charge is -2.18. The van der Waals surface area contributed by atoms with Crippen LogP contribution in [0.2, 0.25) is 0 Å². The van der Waals surface area contributed by atoms with Crippen molar-refractivity contribution >= 4 is 5.95 Å². The Kier molecular flexibility index (Phi) is 3.86. The van der Waals surface area contributed by atoms with E-state index in [4.69, 9.17) is 4.42 Å². The van der Waals surface area contributed by atoms with Crippen LogP contribution in [0.4, 0.5) is 19.1 Å². The molecule has 0 bridgehead atoms. The van der Waals surface area contributed by atoms with Crippen molar-refractivity contribution in [3.63, 3.8) is 0 Å². The normalized spacial score (nSPS) is 15.3. The van der Waals surface area contributed by atoms with Gasteiger partial charge in [-0.1, -0.05) is 12.1 Å². The minimum atomic E-state index is -2.84. The molecule has 3 aromatic rings. The van der Waals surface area contributed by atoms with Gasteiger partial charge in [0, 0.05) is 18.0 Å². The van der Waals surface area contributed by atoms with Gasteiger partial charge in [0.2, 0.25) is 5.95 Å². The highest BCUT2D eigenvalue weighted by Gasteiger charge is 2.46. The molecule has 1 N–H and O–H groups in total. The van der Waals surface area contributed by atoms with Crippen molar-refractivity contribution in [2.45, 2.75) is 31.7 Å². The summed E-state index contributed by atoms with van der Waals surface area (Å²) in [5.41, 5.74) is 1.23. The Morgan fingerprint density at radius 1 is 1.15 bits per heavy atom. The third-order valence-electron chi connectivity index (χ3n) is 4.27. The summed E-state index contributed by atoms with van der Waals surface area (Å²) in [7, 11) is 0. The number of aromatic nitrogens is 4. The Labute approximate surface area is 146 Å². The number of hydrogen-bond acceptors (Lipinski definition) is 6. The van der Waals surface area contributed by atoms with Gasteiger partial charge in [0.15, 0.2) is 0 Å². The molecule has 2 heterocycles. The molecule has 0 aliphatic heterocycles. The molecule has 4 rings (SSSR count). The van der Waals surface area contributed by atoms with Gasteiger partial charge in [0.1, 0.15) is 5.82 Å². The average molecular weight is 361 g/mol. The van der Waals surface area contributed by atoms with Crippen LogP contribution in [-0.4, -0.2) is 20.2 Å². The molecule has 0 unspecified atom stereocenters. The third kappa shape index (κ3) is 3.00. The quantitative estimate of drug-likeness (QED) is 0.740. The first-order valence-electron chi connectivity index (χ1n) is 7.96. The van der Waals surface area contributed by atoms with Crippen LogP contribution in [0.1, 0.15) is 36.3 Å². The van der Waals surface area contributed by atoms with Crippen LogP contribution in [-0.2, 0) is 5.54 Å². The van der Waals surface area contributed by atoms with Crippen LogP contribution in [0.5, 0.6) is 0 Å². The van der Waals surface area contributed by atoms with E-state index in [2.05, 4.69) is 25.5 Å². The fourth-order valence-corrected chi connectivity index (χ4v) is 2.75. The summed E-state index contributed by atoms with van der Waals surface area (Å²) >= 11 is 0. The zero-order valence-corrected chi connectivity index (χ0v) is 13.7. The van der Waals surface area contributed by atoms with Gasteiger partial charge in [0.05, 0.1) is 11.1 Å². The van der Waals surface area contributed by atoms with Gasteiger partial charge >= 0.3 is 6.43 Å². The topological polar surface area (TPSA) is 76.7 Å². The summed E-state index contributed by atoms with van der Waals surface area (Å²) < 4.78 is 44.1. The zero-order valence-electron chi connectivity index (χ0n) is 13.7. The Morgan fingerprint density at radius 3 is 2.46 bits per heavy atom. The molecule has 6 nitrogen and oxygen atoms in total. The van der Waals surface area contributed by atoms with Gasteiger partial charge in [-0.15, -0.1) is 10.2 Å². The predicted molar refractivity (Wildman–Crippen MR) is 86.0 cm³/mol. The van der Waals surface area contributed by atoms with E-state index in [1.165, 1.54) is 18.5 Å². The molecule has 26 heavy (non-hydrogen) atoms. The highest BCUT2D eigenvalue weighted by atomic mass is 19.3. The number of aryl methyl sites for hydroxylation is 1. The molecule has 0 atom stereocenters. The molecule has 1 fully saturated rings. The summed E-state index contributed by atoms with van der Waals surface area (Å²) in [6, 6.07) is 5.13. The SMILES string of the molecule is Cc1ccc(C2(Nc3ncc(-c4nnc(C(F)F)o4)cn3)CC2)c(F)c1. The number of anilines is 1. The second kappa shape index (κ2) is 6.08. The summed E-state index contributed by atoms with van der Waals surface area (Å²) in [4.78, 5) is 8.29. The van der Waals surface area contributed by atoms with Crippen molar-refractivity contribution < 1.29 is 17.6 Å². The summed E-state index contributed by atoms with van der Waals surface area (Å²) in [6.45, 7) is 1.83. The minimum absolute atomic E-state index is 0.0856. The van der Waals surface area contributed by atoms with Gasteiger partial charge in [-0.2, -0.15) is 8.78 Å². The first-order chi connectivity index (χ1) is 12.5. The molecule has 2 aromatic heterocycles. The maximum atomic E-state index is 14.3. The Bertz CT molecular complexity index is 938. The lowest BCUT2D eigenvalue weighted by molar-refractivity contribution is 0.116. The van der Waals surface area contributed by atoms with Gasteiger partial charge in [-0.25, -0.2) is 14.4 Å². The smallest absolute Gasteiger partial charge is 0.314 e. The number of nitrogens with one attached hydrogen (secondary N) is 1. The molecule has 0 amide bonds. The number of rotatable bonds is 5. The highest BCUT2D eigenvalue weighted by Crippen LogP contribution is 2.48. The molecular formula is C17H14F3N5O. The van der Waals surface area contributed by atoms with Crippen molar-refractivity contribution in [1.29, 1.82) is 0 Å².